The van der Waals surface area contributed by atoms with Crippen molar-refractivity contribution in [2.75, 3.05) is 13.2 Å². The molecule has 0 bridgehead atoms. The quantitative estimate of drug-likeness (QED) is 0.0895. The number of ether oxygens (including phenoxy) is 2. The summed E-state index contributed by atoms with van der Waals surface area (Å²) < 4.78 is 11.8. The van der Waals surface area contributed by atoms with E-state index in [1.165, 1.54) is 6.42 Å². The Morgan fingerprint density at radius 2 is 1.58 bits per heavy atom. The predicted octanol–water partition coefficient (Wildman–Crippen LogP) is 8.79. The van der Waals surface area contributed by atoms with Gasteiger partial charge in [-0.1, -0.05) is 82.3 Å². The van der Waals surface area contributed by atoms with Gasteiger partial charge < -0.3 is 19.9 Å². The van der Waals surface area contributed by atoms with Crippen LogP contribution >= 0.6 is 0 Å². The summed E-state index contributed by atoms with van der Waals surface area (Å²) in [5, 5.41) is 19.5. The first kappa shape index (κ1) is 37.9. The van der Waals surface area contributed by atoms with Gasteiger partial charge in [0.05, 0.1) is 6.10 Å². The van der Waals surface area contributed by atoms with Gasteiger partial charge in [-0.15, -0.1) is 0 Å². The Morgan fingerprint density at radius 3 is 2.35 bits per heavy atom. The third kappa shape index (κ3) is 6.60. The number of Topliss-reactive ketones (excluding diaryl/α,β-unsaturated/α-hetero) is 1. The maximum absolute atomic E-state index is 13.3. The number of aliphatic hydroxyl groups is 1. The van der Waals surface area contributed by atoms with Crippen LogP contribution in [0.15, 0.2) is 54.6 Å². The number of ketones is 1. The van der Waals surface area contributed by atoms with E-state index in [0.717, 1.165) is 77.3 Å². The summed E-state index contributed by atoms with van der Waals surface area (Å²) in [6, 6.07) is 18.0. The van der Waals surface area contributed by atoms with E-state index < -0.39 is 12.6 Å². The smallest absolute Gasteiger partial charge is 0.325 e. The van der Waals surface area contributed by atoms with Gasteiger partial charge in [-0.2, -0.15) is 0 Å². The van der Waals surface area contributed by atoms with Crippen molar-refractivity contribution in [3.63, 3.8) is 0 Å². The highest BCUT2D eigenvalue weighted by molar-refractivity contribution is 6.26. The van der Waals surface area contributed by atoms with Crippen LogP contribution in [0.4, 0.5) is 0 Å². The van der Waals surface area contributed by atoms with Gasteiger partial charge in [0.25, 0.3) is 0 Å². The summed E-state index contributed by atoms with van der Waals surface area (Å²) in [5.74, 6) is 1.32. The molecule has 8 nitrogen and oxygen atoms in total. The first-order valence-corrected chi connectivity index (χ1v) is 20.9. The fourth-order valence-electron chi connectivity index (χ4n) is 12.6. The van der Waals surface area contributed by atoms with Crippen molar-refractivity contribution in [2.45, 2.75) is 111 Å². The average Bonchev–Trinajstić information content (AvgIpc) is 3.56. The van der Waals surface area contributed by atoms with Crippen LogP contribution in [0, 0.1) is 46.3 Å². The van der Waals surface area contributed by atoms with E-state index in [2.05, 4.69) is 50.4 Å². The zero-order valence-corrected chi connectivity index (χ0v) is 32.9. The lowest BCUT2D eigenvalue weighted by Crippen LogP contribution is -2.59. The molecule has 0 spiro atoms. The molecule has 0 unspecified atom stereocenters. The minimum atomic E-state index is -0.646. The molecule has 0 aliphatic heterocycles. The van der Waals surface area contributed by atoms with Crippen LogP contribution in [0.25, 0.3) is 32.3 Å². The summed E-state index contributed by atoms with van der Waals surface area (Å²) in [6.07, 6.45) is 9.13. The van der Waals surface area contributed by atoms with Gasteiger partial charge in [-0.05, 0) is 131 Å². The zero-order valence-electron chi connectivity index (χ0n) is 32.9. The number of carbonyl (C=O) groups is 4. The molecule has 4 aliphatic rings. The monoisotopic (exact) mass is 747 g/mol. The lowest BCUT2D eigenvalue weighted by atomic mass is 9.43. The number of benzene rings is 4. The van der Waals surface area contributed by atoms with Crippen LogP contribution in [0.3, 0.4) is 0 Å². The number of hydrogen-bond donors (Lipinski definition) is 2. The summed E-state index contributed by atoms with van der Waals surface area (Å²) in [7, 11) is 0. The maximum Gasteiger partial charge on any atom is 0.325 e. The molecule has 8 rings (SSSR count). The van der Waals surface area contributed by atoms with Crippen molar-refractivity contribution in [3.8, 4) is 0 Å². The molecular formula is C47H57NO7. The molecule has 8 heteroatoms. The van der Waals surface area contributed by atoms with Gasteiger partial charge in [0.2, 0.25) is 11.7 Å². The maximum atomic E-state index is 13.3. The Bertz CT molecular complexity index is 2090. The number of hydrogen-bond acceptors (Lipinski definition) is 7. The van der Waals surface area contributed by atoms with Crippen LogP contribution in [0.5, 0.6) is 0 Å². The molecule has 0 heterocycles. The number of rotatable bonds is 11. The molecule has 292 valence electrons. The minimum absolute atomic E-state index is 0.137. The molecule has 2 N–H and O–H groups in total. The summed E-state index contributed by atoms with van der Waals surface area (Å²) in [5.41, 5.74) is 0.514. The largest absolute Gasteiger partial charge is 0.462 e. The number of carbonyl (C=O) groups excluding carboxylic acids is 4. The molecule has 55 heavy (non-hydrogen) atoms. The van der Waals surface area contributed by atoms with E-state index in [-0.39, 0.29) is 59.6 Å². The van der Waals surface area contributed by atoms with Gasteiger partial charge >= 0.3 is 11.9 Å². The first-order chi connectivity index (χ1) is 26.4. The number of amides is 1. The van der Waals surface area contributed by atoms with E-state index in [1.54, 1.807) is 6.07 Å². The second-order valence-corrected chi connectivity index (χ2v) is 18.0. The van der Waals surface area contributed by atoms with Crippen molar-refractivity contribution in [2.24, 2.45) is 46.3 Å². The minimum Gasteiger partial charge on any atom is -0.462 e. The summed E-state index contributed by atoms with van der Waals surface area (Å²) in [6.45, 7) is 8.23. The van der Waals surface area contributed by atoms with Crippen molar-refractivity contribution >= 4 is 55.9 Å². The van der Waals surface area contributed by atoms with E-state index >= 15 is 0 Å². The van der Waals surface area contributed by atoms with Crippen molar-refractivity contribution in [3.05, 3.63) is 60.2 Å². The molecule has 4 saturated carbocycles. The SMILES string of the molecule is CCC(=O)O[C@H]1C[C@H]2[C@@H](CC[C@@H]3C[C@H](O)CC[C@@]32C)[C@@H]2CC[C@H]([C@H](C)CCC(=O)NCC(=O)OCC(=O)c3ccc4ccc5cccc6ccc3c4c56)[C@@]12C. The van der Waals surface area contributed by atoms with Crippen LogP contribution in [-0.4, -0.2) is 54.1 Å². The van der Waals surface area contributed by atoms with Crippen LogP contribution < -0.4 is 5.32 Å². The Kier molecular flexibility index (Phi) is 10.2. The lowest BCUT2D eigenvalue weighted by Gasteiger charge is -2.62. The average molecular weight is 748 g/mol. The Balaban J connectivity index is 0.866. The Morgan fingerprint density at radius 1 is 0.855 bits per heavy atom. The second-order valence-electron chi connectivity index (χ2n) is 18.0. The van der Waals surface area contributed by atoms with Crippen molar-refractivity contribution in [1.82, 2.24) is 5.32 Å². The highest BCUT2D eigenvalue weighted by Gasteiger charge is 2.65. The topological polar surface area (TPSA) is 119 Å². The second kappa shape index (κ2) is 14.8. The lowest BCUT2D eigenvalue weighted by molar-refractivity contribution is -0.197. The molecule has 0 aromatic heterocycles. The standard InChI is InChI=1S/C47H57NO7/c1-5-42(52)55-40-24-38-35(17-14-31-23-32(49)21-22-46(31,38)3)37-19-18-36(47(37,40)4)27(2)9-20-41(51)48-25-43(53)54-26-39(50)33-15-12-30-11-10-28-7-6-8-29-13-16-34(33)45(30)44(28)29/h6-8,10-13,15-16,27,31-32,35-38,40,49H,5,9,14,17-26H2,1-4H3,(H,48,51)/t27-,31-,32-,35+,36-,37+,38+,40+,46+,47-/m1/s1. The molecule has 0 radical (unpaired) electrons. The Hall–Kier alpha value is -4.04. The van der Waals surface area contributed by atoms with Crippen LogP contribution in [0.2, 0.25) is 0 Å². The number of nitrogens with one attached hydrogen (secondary N) is 1. The molecule has 4 fully saturated rings. The highest BCUT2D eigenvalue weighted by atomic mass is 16.5. The molecule has 4 aromatic rings. The van der Waals surface area contributed by atoms with Gasteiger partial charge in [0, 0.05) is 23.8 Å². The Labute approximate surface area is 324 Å². The number of esters is 2. The first-order valence-electron chi connectivity index (χ1n) is 20.9. The van der Waals surface area contributed by atoms with Crippen LogP contribution in [0.1, 0.15) is 109 Å². The molecular weight excluding hydrogens is 691 g/mol. The fraction of sp³-hybridized carbons (Fsp3) is 0.574. The summed E-state index contributed by atoms with van der Waals surface area (Å²) in [4.78, 5) is 52.0. The molecule has 0 saturated heterocycles. The number of fused-ring (bicyclic) bond motifs is 5. The molecule has 4 aliphatic carbocycles. The van der Waals surface area contributed by atoms with Gasteiger partial charge in [0.15, 0.2) is 6.61 Å². The van der Waals surface area contributed by atoms with Gasteiger partial charge in [-0.25, -0.2) is 0 Å². The zero-order chi connectivity index (χ0) is 38.6. The van der Waals surface area contributed by atoms with Gasteiger partial charge in [-0.3, -0.25) is 19.2 Å². The predicted molar refractivity (Wildman–Crippen MR) is 214 cm³/mol. The fourth-order valence-corrected chi connectivity index (χ4v) is 12.6. The molecule has 1 amide bonds. The number of aliphatic hydroxyl groups excluding tert-OH is 1. The highest BCUT2D eigenvalue weighted by Crippen LogP contribution is 2.69. The van der Waals surface area contributed by atoms with Gasteiger partial charge in [0.1, 0.15) is 12.6 Å². The van der Waals surface area contributed by atoms with E-state index in [1.807, 2.05) is 31.2 Å². The van der Waals surface area contributed by atoms with Crippen molar-refractivity contribution in [1.29, 1.82) is 0 Å². The van der Waals surface area contributed by atoms with E-state index in [9.17, 15) is 24.3 Å². The molecule has 4 aromatic carbocycles. The van der Waals surface area contributed by atoms with E-state index in [4.69, 9.17) is 9.47 Å². The van der Waals surface area contributed by atoms with E-state index in [0.29, 0.717) is 48.0 Å². The third-order valence-corrected chi connectivity index (χ3v) is 15.5. The normalized spacial score (nSPS) is 32.1. The third-order valence-electron chi connectivity index (χ3n) is 15.5. The van der Waals surface area contributed by atoms with Crippen molar-refractivity contribution < 1.29 is 33.8 Å². The summed E-state index contributed by atoms with van der Waals surface area (Å²) >= 11 is 0. The van der Waals surface area contributed by atoms with Crippen LogP contribution in [-0.2, 0) is 23.9 Å². The molecule has 10 atom stereocenters.